The van der Waals surface area contributed by atoms with Gasteiger partial charge in [-0.2, -0.15) is 0 Å². The predicted octanol–water partition coefficient (Wildman–Crippen LogP) is 2.01. The molecule has 1 aliphatic carbocycles. The Morgan fingerprint density at radius 2 is 1.61 bits per heavy atom. The Morgan fingerprint density at radius 1 is 0.889 bits per heavy atom. The molecule has 0 amide bonds. The van der Waals surface area contributed by atoms with E-state index >= 15 is 0 Å². The Balaban J connectivity index is 1.85. The van der Waals surface area contributed by atoms with Crippen molar-refractivity contribution in [1.29, 1.82) is 0 Å². The Morgan fingerprint density at radius 3 is 2.44 bits per heavy atom. The first-order valence-electron chi connectivity index (χ1n) is 6.20. The molecule has 3 N–H and O–H groups in total. The fourth-order valence-corrected chi connectivity index (χ4v) is 2.39. The SMILES string of the molecule is O[C@@H]1c2ccccc2C=C[C@@H]1[NH2+]c1ccccc1. The summed E-state index contributed by atoms with van der Waals surface area (Å²) >= 11 is 0. The zero-order valence-corrected chi connectivity index (χ0v) is 10.0. The molecule has 2 atom stereocenters. The molecule has 18 heavy (non-hydrogen) atoms. The summed E-state index contributed by atoms with van der Waals surface area (Å²) in [4.78, 5) is 0. The van der Waals surface area contributed by atoms with Crippen molar-refractivity contribution >= 4 is 11.8 Å². The average molecular weight is 238 g/mol. The summed E-state index contributed by atoms with van der Waals surface area (Å²) in [5.41, 5.74) is 3.27. The highest BCUT2D eigenvalue weighted by Gasteiger charge is 2.26. The minimum Gasteiger partial charge on any atom is -0.382 e. The molecule has 0 saturated heterocycles. The number of rotatable bonds is 2. The quantitative estimate of drug-likeness (QED) is 0.772. The zero-order valence-electron chi connectivity index (χ0n) is 10.0. The summed E-state index contributed by atoms with van der Waals surface area (Å²) in [6.45, 7) is 0. The highest BCUT2D eigenvalue weighted by Crippen LogP contribution is 2.26. The Kier molecular flexibility index (Phi) is 2.97. The van der Waals surface area contributed by atoms with Gasteiger partial charge in [-0.3, -0.25) is 0 Å². The highest BCUT2D eigenvalue weighted by molar-refractivity contribution is 5.58. The molecule has 3 rings (SSSR count). The molecule has 0 radical (unpaired) electrons. The number of hydrogen-bond acceptors (Lipinski definition) is 1. The number of quaternary nitrogens is 1. The van der Waals surface area contributed by atoms with E-state index in [1.807, 2.05) is 42.5 Å². The molecule has 0 spiro atoms. The van der Waals surface area contributed by atoms with Gasteiger partial charge in [0.25, 0.3) is 0 Å². The van der Waals surface area contributed by atoms with Crippen molar-refractivity contribution in [1.82, 2.24) is 0 Å². The van der Waals surface area contributed by atoms with Gasteiger partial charge in [0, 0.05) is 0 Å². The van der Waals surface area contributed by atoms with Crippen LogP contribution in [0, 0.1) is 0 Å². The first kappa shape index (κ1) is 11.2. The number of benzene rings is 2. The molecule has 0 saturated carbocycles. The number of para-hydroxylation sites is 1. The first-order valence-corrected chi connectivity index (χ1v) is 6.20. The molecule has 0 bridgehead atoms. The standard InChI is InChI=1S/C16H15NO/c18-16-14-9-5-4-6-12(14)10-11-15(16)17-13-7-2-1-3-8-13/h1-11,15-18H/p+1/t15-,16+/m0/s1. The van der Waals surface area contributed by atoms with Crippen LogP contribution in [0.3, 0.4) is 0 Å². The lowest BCUT2D eigenvalue weighted by molar-refractivity contribution is -0.609. The molecule has 0 fully saturated rings. The van der Waals surface area contributed by atoms with Crippen LogP contribution in [0.4, 0.5) is 5.69 Å². The lowest BCUT2D eigenvalue weighted by atomic mass is 9.91. The van der Waals surface area contributed by atoms with E-state index < -0.39 is 6.10 Å². The average Bonchev–Trinajstić information content (AvgIpc) is 2.43. The molecule has 0 heterocycles. The molecule has 2 nitrogen and oxygen atoms in total. The Hall–Kier alpha value is -1.90. The second kappa shape index (κ2) is 4.77. The third-order valence-corrected chi connectivity index (χ3v) is 3.36. The van der Waals surface area contributed by atoms with Crippen LogP contribution >= 0.6 is 0 Å². The molecule has 1 aliphatic rings. The van der Waals surface area contributed by atoms with Crippen molar-refractivity contribution in [3.8, 4) is 0 Å². The van der Waals surface area contributed by atoms with Gasteiger partial charge in [-0.25, -0.2) is 0 Å². The first-order chi connectivity index (χ1) is 8.84. The van der Waals surface area contributed by atoms with Gasteiger partial charge in [-0.1, -0.05) is 48.5 Å². The van der Waals surface area contributed by atoms with E-state index in [0.717, 1.165) is 16.8 Å². The van der Waals surface area contributed by atoms with Gasteiger partial charge in [0.15, 0.2) is 0 Å². The zero-order chi connectivity index (χ0) is 12.4. The van der Waals surface area contributed by atoms with E-state index in [1.165, 1.54) is 0 Å². The summed E-state index contributed by atoms with van der Waals surface area (Å²) in [6, 6.07) is 18.2. The van der Waals surface area contributed by atoms with Gasteiger partial charge in [0.2, 0.25) is 0 Å². The highest BCUT2D eigenvalue weighted by atomic mass is 16.3. The fraction of sp³-hybridized carbons (Fsp3) is 0.125. The van der Waals surface area contributed by atoms with E-state index in [2.05, 4.69) is 29.6 Å². The second-order valence-electron chi connectivity index (χ2n) is 4.59. The topological polar surface area (TPSA) is 36.8 Å². The molecular weight excluding hydrogens is 222 g/mol. The van der Waals surface area contributed by atoms with Gasteiger partial charge in [0.05, 0.1) is 0 Å². The number of nitrogens with two attached hydrogens (primary N) is 1. The Bertz CT molecular complexity index is 562. The summed E-state index contributed by atoms with van der Waals surface area (Å²) in [7, 11) is 0. The third-order valence-electron chi connectivity index (χ3n) is 3.36. The van der Waals surface area contributed by atoms with Crippen molar-refractivity contribution in [2.75, 3.05) is 0 Å². The normalized spacial score (nSPS) is 21.6. The maximum atomic E-state index is 10.4. The largest absolute Gasteiger partial charge is 0.382 e. The van der Waals surface area contributed by atoms with Crippen LogP contribution in [-0.2, 0) is 0 Å². The smallest absolute Gasteiger partial charge is 0.140 e. The van der Waals surface area contributed by atoms with E-state index in [-0.39, 0.29) is 6.04 Å². The lowest BCUT2D eigenvalue weighted by Gasteiger charge is -2.23. The van der Waals surface area contributed by atoms with Crippen molar-refractivity contribution in [2.24, 2.45) is 0 Å². The van der Waals surface area contributed by atoms with Crippen molar-refractivity contribution in [3.63, 3.8) is 0 Å². The molecule has 2 aromatic carbocycles. The van der Waals surface area contributed by atoms with E-state index in [9.17, 15) is 5.11 Å². The Labute approximate surface area is 107 Å². The number of hydrogen-bond donors (Lipinski definition) is 2. The molecule has 2 aromatic rings. The van der Waals surface area contributed by atoms with Gasteiger partial charge >= 0.3 is 0 Å². The van der Waals surface area contributed by atoms with Gasteiger partial charge in [0.1, 0.15) is 17.8 Å². The maximum Gasteiger partial charge on any atom is 0.140 e. The molecule has 0 aliphatic heterocycles. The maximum absolute atomic E-state index is 10.4. The number of aliphatic hydroxyl groups is 1. The molecule has 2 heteroatoms. The van der Waals surface area contributed by atoms with Crippen LogP contribution in [0.2, 0.25) is 0 Å². The van der Waals surface area contributed by atoms with Gasteiger partial charge < -0.3 is 10.4 Å². The van der Waals surface area contributed by atoms with Gasteiger partial charge in [-0.05, 0) is 29.3 Å². The van der Waals surface area contributed by atoms with Crippen molar-refractivity contribution < 1.29 is 10.4 Å². The minimum absolute atomic E-state index is 0.0438. The molecular formula is C16H16NO+. The summed E-state index contributed by atoms with van der Waals surface area (Å²) in [5.74, 6) is 0. The predicted molar refractivity (Wildman–Crippen MR) is 72.3 cm³/mol. The van der Waals surface area contributed by atoms with Crippen LogP contribution < -0.4 is 5.32 Å². The summed E-state index contributed by atoms with van der Waals surface area (Å²) in [6.07, 6.45) is 3.71. The van der Waals surface area contributed by atoms with Crippen LogP contribution in [-0.4, -0.2) is 11.1 Å². The van der Waals surface area contributed by atoms with E-state index in [1.54, 1.807) is 0 Å². The molecule has 0 aromatic heterocycles. The van der Waals surface area contributed by atoms with Crippen LogP contribution in [0.1, 0.15) is 17.2 Å². The van der Waals surface area contributed by atoms with Crippen molar-refractivity contribution in [3.05, 3.63) is 71.8 Å². The third kappa shape index (κ3) is 2.08. The minimum atomic E-state index is -0.452. The van der Waals surface area contributed by atoms with Crippen LogP contribution in [0.15, 0.2) is 60.7 Å². The monoisotopic (exact) mass is 238 g/mol. The van der Waals surface area contributed by atoms with E-state index in [0.29, 0.717) is 0 Å². The van der Waals surface area contributed by atoms with Crippen LogP contribution in [0.25, 0.3) is 6.08 Å². The van der Waals surface area contributed by atoms with Crippen molar-refractivity contribution in [2.45, 2.75) is 12.1 Å². The van der Waals surface area contributed by atoms with Crippen LogP contribution in [0.5, 0.6) is 0 Å². The summed E-state index contributed by atoms with van der Waals surface area (Å²) in [5, 5.41) is 12.5. The molecule has 90 valence electrons. The second-order valence-corrected chi connectivity index (χ2v) is 4.59. The number of aliphatic hydroxyl groups excluding tert-OH is 1. The summed E-state index contributed by atoms with van der Waals surface area (Å²) < 4.78 is 0. The number of fused-ring (bicyclic) bond motifs is 1. The lowest BCUT2D eigenvalue weighted by Crippen LogP contribution is -2.85. The fourth-order valence-electron chi connectivity index (χ4n) is 2.39. The molecule has 0 unspecified atom stereocenters. The van der Waals surface area contributed by atoms with E-state index in [4.69, 9.17) is 0 Å². The van der Waals surface area contributed by atoms with Gasteiger partial charge in [-0.15, -0.1) is 0 Å².